The number of carbonyl (C=O) groups excluding carboxylic acids is 1. The third-order valence-electron chi connectivity index (χ3n) is 5.25. The molecule has 0 atom stereocenters. The number of imidazole rings is 1. The maximum atomic E-state index is 11.9. The summed E-state index contributed by atoms with van der Waals surface area (Å²) in [6.07, 6.45) is 3.43. The van der Waals surface area contributed by atoms with Gasteiger partial charge in [-0.2, -0.15) is 5.10 Å². The van der Waals surface area contributed by atoms with Crippen LogP contribution in [-0.4, -0.2) is 41.7 Å². The molecule has 2 aliphatic rings. The van der Waals surface area contributed by atoms with Gasteiger partial charge < -0.3 is 9.47 Å². The van der Waals surface area contributed by atoms with Crippen LogP contribution in [0.25, 0.3) is 17.1 Å². The standard InChI is InChI=1S/C19H20N6O/c1-12-5-6-15-14(8-12)19-21-17(10-23-7-3-4-18(23)26)22-25(19)9-16-13(2)20-11-24(15)16/h5-6,8,11H,3-4,7,9-10H2,1-2H3. The highest BCUT2D eigenvalue weighted by atomic mass is 16.2. The minimum Gasteiger partial charge on any atom is -0.335 e. The van der Waals surface area contributed by atoms with Gasteiger partial charge in [0, 0.05) is 18.5 Å². The number of benzene rings is 1. The van der Waals surface area contributed by atoms with Crippen molar-refractivity contribution in [1.29, 1.82) is 0 Å². The molecule has 1 saturated heterocycles. The molecule has 0 unspecified atom stereocenters. The molecule has 0 spiro atoms. The van der Waals surface area contributed by atoms with Crippen LogP contribution in [-0.2, 0) is 17.9 Å². The van der Waals surface area contributed by atoms with Crippen molar-refractivity contribution in [3.8, 4) is 17.1 Å². The number of likely N-dealkylation sites (tertiary alicyclic amines) is 1. The van der Waals surface area contributed by atoms with E-state index in [0.717, 1.165) is 41.4 Å². The normalized spacial score (nSPS) is 15.6. The highest BCUT2D eigenvalue weighted by Gasteiger charge is 2.26. The van der Waals surface area contributed by atoms with Gasteiger partial charge >= 0.3 is 0 Å². The molecule has 4 heterocycles. The van der Waals surface area contributed by atoms with Gasteiger partial charge in [-0.1, -0.05) is 11.6 Å². The third-order valence-corrected chi connectivity index (χ3v) is 5.25. The van der Waals surface area contributed by atoms with Crippen molar-refractivity contribution in [3.05, 3.63) is 47.3 Å². The number of amides is 1. The van der Waals surface area contributed by atoms with Crippen LogP contribution in [0.2, 0.25) is 0 Å². The molecule has 7 heteroatoms. The van der Waals surface area contributed by atoms with Crippen molar-refractivity contribution in [2.24, 2.45) is 0 Å². The van der Waals surface area contributed by atoms with E-state index in [2.05, 4.69) is 34.7 Å². The Morgan fingerprint density at radius 2 is 2.12 bits per heavy atom. The molecule has 0 saturated carbocycles. The molecule has 1 aromatic carbocycles. The predicted molar refractivity (Wildman–Crippen MR) is 95.8 cm³/mol. The second-order valence-corrected chi connectivity index (χ2v) is 7.10. The van der Waals surface area contributed by atoms with E-state index in [4.69, 9.17) is 10.1 Å². The maximum absolute atomic E-state index is 11.9. The maximum Gasteiger partial charge on any atom is 0.223 e. The lowest BCUT2D eigenvalue weighted by Gasteiger charge is -2.12. The van der Waals surface area contributed by atoms with E-state index in [1.54, 1.807) is 0 Å². The smallest absolute Gasteiger partial charge is 0.223 e. The molecule has 1 fully saturated rings. The van der Waals surface area contributed by atoms with E-state index < -0.39 is 0 Å². The lowest BCUT2D eigenvalue weighted by atomic mass is 10.1. The molecular formula is C19H20N6O. The summed E-state index contributed by atoms with van der Waals surface area (Å²) in [7, 11) is 0. The molecule has 1 amide bonds. The summed E-state index contributed by atoms with van der Waals surface area (Å²) in [5.74, 6) is 1.75. The second-order valence-electron chi connectivity index (χ2n) is 7.10. The lowest BCUT2D eigenvalue weighted by Crippen LogP contribution is -2.24. The fraction of sp³-hybridized carbons (Fsp3) is 0.368. The van der Waals surface area contributed by atoms with Crippen LogP contribution in [0, 0.1) is 13.8 Å². The number of aryl methyl sites for hydroxylation is 2. The largest absolute Gasteiger partial charge is 0.335 e. The fourth-order valence-corrected chi connectivity index (χ4v) is 3.85. The Morgan fingerprint density at radius 3 is 2.92 bits per heavy atom. The Hall–Kier alpha value is -2.96. The van der Waals surface area contributed by atoms with Gasteiger partial charge in [0.1, 0.15) is 0 Å². The summed E-state index contributed by atoms with van der Waals surface area (Å²) in [6.45, 7) is 6.00. The molecule has 26 heavy (non-hydrogen) atoms. The van der Waals surface area contributed by atoms with Gasteiger partial charge in [-0.25, -0.2) is 14.6 Å². The minimum absolute atomic E-state index is 0.195. The summed E-state index contributed by atoms with van der Waals surface area (Å²) in [5.41, 5.74) is 5.40. The summed E-state index contributed by atoms with van der Waals surface area (Å²) in [5, 5.41) is 4.73. The molecule has 132 valence electrons. The summed E-state index contributed by atoms with van der Waals surface area (Å²) in [6, 6.07) is 6.36. The van der Waals surface area contributed by atoms with E-state index in [1.165, 1.54) is 5.56 Å². The summed E-state index contributed by atoms with van der Waals surface area (Å²) < 4.78 is 4.08. The monoisotopic (exact) mass is 348 g/mol. The molecule has 0 radical (unpaired) electrons. The highest BCUT2D eigenvalue weighted by molar-refractivity contribution is 5.78. The zero-order valence-corrected chi connectivity index (χ0v) is 14.9. The van der Waals surface area contributed by atoms with Crippen LogP contribution in [0.4, 0.5) is 0 Å². The van der Waals surface area contributed by atoms with Gasteiger partial charge in [0.15, 0.2) is 11.6 Å². The van der Waals surface area contributed by atoms with E-state index in [1.807, 2.05) is 22.8 Å². The Labute approximate surface area is 151 Å². The molecular weight excluding hydrogens is 328 g/mol. The zero-order chi connectivity index (χ0) is 17.8. The molecule has 0 N–H and O–H groups in total. The average molecular weight is 348 g/mol. The number of rotatable bonds is 2. The van der Waals surface area contributed by atoms with Gasteiger partial charge in [-0.15, -0.1) is 0 Å². The van der Waals surface area contributed by atoms with Crippen LogP contribution in [0.3, 0.4) is 0 Å². The Morgan fingerprint density at radius 1 is 1.23 bits per heavy atom. The molecule has 3 aromatic rings. The number of nitrogens with zero attached hydrogens (tertiary/aromatic N) is 6. The fourth-order valence-electron chi connectivity index (χ4n) is 3.85. The first kappa shape index (κ1) is 15.3. The molecule has 2 aliphatic heterocycles. The van der Waals surface area contributed by atoms with Crippen molar-refractivity contribution in [2.45, 2.75) is 39.8 Å². The minimum atomic E-state index is 0.195. The Bertz CT molecular complexity index is 1030. The van der Waals surface area contributed by atoms with Crippen LogP contribution in [0.5, 0.6) is 0 Å². The third kappa shape index (κ3) is 2.27. The second kappa shape index (κ2) is 5.52. The molecule has 0 aliphatic carbocycles. The predicted octanol–water partition coefficient (Wildman–Crippen LogP) is 2.23. The van der Waals surface area contributed by atoms with Gasteiger partial charge in [0.2, 0.25) is 5.91 Å². The van der Waals surface area contributed by atoms with Gasteiger partial charge in [0.25, 0.3) is 0 Å². The van der Waals surface area contributed by atoms with Crippen LogP contribution >= 0.6 is 0 Å². The molecule has 0 bridgehead atoms. The number of fused-ring (bicyclic) bond motifs is 5. The first-order chi connectivity index (χ1) is 12.6. The number of hydrogen-bond donors (Lipinski definition) is 0. The Balaban J connectivity index is 1.64. The first-order valence-electron chi connectivity index (χ1n) is 8.96. The quantitative estimate of drug-likeness (QED) is 0.557. The van der Waals surface area contributed by atoms with Crippen molar-refractivity contribution < 1.29 is 4.79 Å². The van der Waals surface area contributed by atoms with Crippen LogP contribution < -0.4 is 0 Å². The van der Waals surface area contributed by atoms with E-state index >= 15 is 0 Å². The number of carbonyl (C=O) groups is 1. The average Bonchev–Trinajstić information content (AvgIpc) is 3.28. The molecule has 2 aromatic heterocycles. The summed E-state index contributed by atoms with van der Waals surface area (Å²) >= 11 is 0. The number of aromatic nitrogens is 5. The van der Waals surface area contributed by atoms with Crippen molar-refractivity contribution in [3.63, 3.8) is 0 Å². The molecule has 5 rings (SSSR count). The van der Waals surface area contributed by atoms with Gasteiger partial charge in [-0.3, -0.25) is 4.79 Å². The Kier molecular flexibility index (Phi) is 3.25. The summed E-state index contributed by atoms with van der Waals surface area (Å²) in [4.78, 5) is 23.1. The van der Waals surface area contributed by atoms with Crippen LogP contribution in [0.1, 0.15) is 35.6 Å². The van der Waals surface area contributed by atoms with Gasteiger partial charge in [-0.05, 0) is 32.4 Å². The van der Waals surface area contributed by atoms with Crippen LogP contribution in [0.15, 0.2) is 24.5 Å². The first-order valence-corrected chi connectivity index (χ1v) is 8.96. The van der Waals surface area contributed by atoms with Gasteiger partial charge in [0.05, 0.1) is 36.5 Å². The number of hydrogen-bond acceptors (Lipinski definition) is 4. The van der Waals surface area contributed by atoms with E-state index in [-0.39, 0.29) is 5.91 Å². The lowest BCUT2D eigenvalue weighted by molar-refractivity contribution is -0.128. The van der Waals surface area contributed by atoms with Crippen molar-refractivity contribution in [1.82, 2.24) is 29.2 Å². The SMILES string of the molecule is Cc1ccc2c(c1)-c1nc(CN3CCCC3=O)nn1Cc1c(C)ncn1-2. The van der Waals surface area contributed by atoms with Crippen molar-refractivity contribution >= 4 is 5.91 Å². The molecule has 7 nitrogen and oxygen atoms in total. The topological polar surface area (TPSA) is 68.8 Å². The zero-order valence-electron chi connectivity index (χ0n) is 14.9. The van der Waals surface area contributed by atoms with E-state index in [9.17, 15) is 4.79 Å². The highest BCUT2D eigenvalue weighted by Crippen LogP contribution is 2.32. The van der Waals surface area contributed by atoms with Crippen molar-refractivity contribution in [2.75, 3.05) is 6.54 Å². The van der Waals surface area contributed by atoms with E-state index in [0.29, 0.717) is 25.3 Å².